The molecule has 0 unspecified atom stereocenters. The van der Waals surface area contributed by atoms with Crippen LogP contribution in [0.25, 0.3) is 0 Å². The number of furan rings is 1. The number of anilines is 2. The molecule has 18 heavy (non-hydrogen) atoms. The van der Waals surface area contributed by atoms with Crippen LogP contribution < -0.4 is 10.6 Å². The Balaban J connectivity index is 2.31. The zero-order valence-corrected chi connectivity index (χ0v) is 9.61. The molecule has 0 saturated carbocycles. The van der Waals surface area contributed by atoms with Gasteiger partial charge in [-0.25, -0.2) is 4.98 Å². The molecule has 0 fully saturated rings. The van der Waals surface area contributed by atoms with Crippen molar-refractivity contribution in [1.82, 2.24) is 9.97 Å². The molecular formula is C10H11N5O3. The molecule has 8 nitrogen and oxygen atoms in total. The van der Waals surface area contributed by atoms with Crippen LogP contribution in [0.1, 0.15) is 5.76 Å². The molecule has 0 spiro atoms. The summed E-state index contributed by atoms with van der Waals surface area (Å²) in [6.07, 6.45) is 2.63. The van der Waals surface area contributed by atoms with Crippen molar-refractivity contribution in [3.8, 4) is 0 Å². The normalized spacial score (nSPS) is 10.3. The molecule has 94 valence electrons. The maximum absolute atomic E-state index is 10.9. The minimum atomic E-state index is -0.548. The van der Waals surface area contributed by atoms with E-state index in [2.05, 4.69) is 9.97 Å². The molecule has 8 heteroatoms. The second kappa shape index (κ2) is 4.70. The highest BCUT2D eigenvalue weighted by Crippen LogP contribution is 2.25. The first-order chi connectivity index (χ1) is 8.58. The second-order valence-electron chi connectivity index (χ2n) is 3.63. The average molecular weight is 249 g/mol. The fraction of sp³-hybridized carbons (Fsp3) is 0.200. The van der Waals surface area contributed by atoms with E-state index in [0.717, 1.165) is 6.20 Å². The largest absolute Gasteiger partial charge is 0.467 e. The minimum Gasteiger partial charge on any atom is -0.467 e. The van der Waals surface area contributed by atoms with E-state index in [1.54, 1.807) is 24.1 Å². The lowest BCUT2D eigenvalue weighted by atomic mass is 10.4. The van der Waals surface area contributed by atoms with Crippen molar-refractivity contribution in [2.45, 2.75) is 6.54 Å². The predicted molar refractivity (Wildman–Crippen MR) is 63.9 cm³/mol. The summed E-state index contributed by atoms with van der Waals surface area (Å²) in [5.74, 6) is 0.815. The van der Waals surface area contributed by atoms with Gasteiger partial charge < -0.3 is 15.1 Å². The first-order valence-electron chi connectivity index (χ1n) is 5.08. The van der Waals surface area contributed by atoms with Gasteiger partial charge in [-0.2, -0.15) is 4.98 Å². The zero-order chi connectivity index (χ0) is 13.1. The highest BCUT2D eigenvalue weighted by atomic mass is 16.6. The van der Waals surface area contributed by atoms with Crippen molar-refractivity contribution in [2.75, 3.05) is 17.7 Å². The Kier molecular flexibility index (Phi) is 3.09. The molecule has 2 heterocycles. The number of nitrogens with zero attached hydrogens (tertiary/aromatic N) is 4. The van der Waals surface area contributed by atoms with Crippen molar-refractivity contribution in [2.24, 2.45) is 0 Å². The van der Waals surface area contributed by atoms with Gasteiger partial charge in [0.05, 0.1) is 17.7 Å². The molecule has 0 bridgehead atoms. The molecule has 0 saturated heterocycles. The highest BCUT2D eigenvalue weighted by molar-refractivity contribution is 5.57. The van der Waals surface area contributed by atoms with E-state index in [-0.39, 0.29) is 17.5 Å². The van der Waals surface area contributed by atoms with Crippen LogP contribution in [0.2, 0.25) is 0 Å². The Hall–Kier alpha value is -2.64. The summed E-state index contributed by atoms with van der Waals surface area (Å²) in [5.41, 5.74) is 5.25. The van der Waals surface area contributed by atoms with E-state index >= 15 is 0 Å². The molecular weight excluding hydrogens is 238 g/mol. The molecule has 0 atom stereocenters. The van der Waals surface area contributed by atoms with Crippen LogP contribution in [0.3, 0.4) is 0 Å². The third kappa shape index (κ3) is 2.37. The fourth-order valence-electron chi connectivity index (χ4n) is 1.50. The summed E-state index contributed by atoms with van der Waals surface area (Å²) in [6.45, 7) is 0.351. The van der Waals surface area contributed by atoms with Crippen molar-refractivity contribution >= 4 is 17.5 Å². The quantitative estimate of drug-likeness (QED) is 0.639. The molecule has 2 aromatic rings. The van der Waals surface area contributed by atoms with Gasteiger partial charge in [0, 0.05) is 7.05 Å². The maximum atomic E-state index is 10.9. The van der Waals surface area contributed by atoms with Gasteiger partial charge >= 0.3 is 5.69 Å². The summed E-state index contributed by atoms with van der Waals surface area (Å²) in [5, 5.41) is 10.9. The van der Waals surface area contributed by atoms with Gasteiger partial charge in [-0.05, 0) is 12.1 Å². The van der Waals surface area contributed by atoms with E-state index in [0.29, 0.717) is 12.3 Å². The van der Waals surface area contributed by atoms with Gasteiger partial charge in [-0.1, -0.05) is 0 Å². The monoisotopic (exact) mass is 249 g/mol. The van der Waals surface area contributed by atoms with E-state index in [9.17, 15) is 10.1 Å². The van der Waals surface area contributed by atoms with Gasteiger partial charge in [0.15, 0.2) is 0 Å². The third-order valence-corrected chi connectivity index (χ3v) is 2.30. The second-order valence-corrected chi connectivity index (χ2v) is 3.63. The summed E-state index contributed by atoms with van der Waals surface area (Å²) in [4.78, 5) is 19.4. The predicted octanol–water partition coefficient (Wildman–Crippen LogP) is 1.20. The van der Waals surface area contributed by atoms with Gasteiger partial charge in [-0.15, -0.1) is 0 Å². The number of nitro groups is 1. The van der Waals surface area contributed by atoms with Crippen LogP contribution >= 0.6 is 0 Å². The van der Waals surface area contributed by atoms with Gasteiger partial charge in [-0.3, -0.25) is 10.1 Å². The van der Waals surface area contributed by atoms with Crippen LogP contribution in [0.5, 0.6) is 0 Å². The fourth-order valence-corrected chi connectivity index (χ4v) is 1.50. The molecule has 0 radical (unpaired) electrons. The van der Waals surface area contributed by atoms with E-state index < -0.39 is 4.92 Å². The number of nitrogen functional groups attached to an aromatic ring is 1. The Labute approximate surface area is 102 Å². The van der Waals surface area contributed by atoms with Crippen molar-refractivity contribution in [1.29, 1.82) is 0 Å². The molecule has 0 aliphatic heterocycles. The number of hydrogen-bond donors (Lipinski definition) is 1. The van der Waals surface area contributed by atoms with Crippen LogP contribution in [0.4, 0.5) is 17.5 Å². The standard InChI is InChI=1S/C10H11N5O3/c1-14(6-7-3-2-4-18-7)9-8(15(16)17)5-12-10(11)13-9/h2-5H,6H2,1H3,(H2,11,12,13). The summed E-state index contributed by atoms with van der Waals surface area (Å²) >= 11 is 0. The number of hydrogen-bond acceptors (Lipinski definition) is 7. The van der Waals surface area contributed by atoms with Crippen LogP contribution in [0, 0.1) is 10.1 Å². The Morgan fingerprint density at radius 2 is 2.39 bits per heavy atom. The van der Waals surface area contributed by atoms with Gasteiger partial charge in [0.1, 0.15) is 12.0 Å². The Morgan fingerprint density at radius 1 is 1.61 bits per heavy atom. The third-order valence-electron chi connectivity index (χ3n) is 2.30. The molecule has 0 aromatic carbocycles. The summed E-state index contributed by atoms with van der Waals surface area (Å²) < 4.78 is 5.17. The average Bonchev–Trinajstić information content (AvgIpc) is 2.81. The Morgan fingerprint density at radius 3 is 3.00 bits per heavy atom. The lowest BCUT2D eigenvalue weighted by Gasteiger charge is -2.16. The van der Waals surface area contributed by atoms with Crippen molar-refractivity contribution in [3.63, 3.8) is 0 Å². The van der Waals surface area contributed by atoms with E-state index in [4.69, 9.17) is 10.2 Å². The number of aromatic nitrogens is 2. The van der Waals surface area contributed by atoms with Crippen molar-refractivity contribution < 1.29 is 9.34 Å². The van der Waals surface area contributed by atoms with E-state index in [1.807, 2.05) is 0 Å². The van der Waals surface area contributed by atoms with E-state index in [1.165, 1.54) is 6.26 Å². The van der Waals surface area contributed by atoms with Crippen molar-refractivity contribution in [3.05, 3.63) is 40.5 Å². The minimum absolute atomic E-state index is 0.0121. The first kappa shape index (κ1) is 11.8. The summed E-state index contributed by atoms with van der Waals surface area (Å²) in [7, 11) is 1.66. The summed E-state index contributed by atoms with van der Waals surface area (Å²) in [6, 6.07) is 3.51. The highest BCUT2D eigenvalue weighted by Gasteiger charge is 2.20. The molecule has 2 N–H and O–H groups in total. The lowest BCUT2D eigenvalue weighted by Crippen LogP contribution is -2.19. The smallest absolute Gasteiger partial charge is 0.329 e. The van der Waals surface area contributed by atoms with Crippen LogP contribution in [0.15, 0.2) is 29.0 Å². The molecule has 0 aliphatic carbocycles. The maximum Gasteiger partial charge on any atom is 0.329 e. The first-order valence-corrected chi connectivity index (χ1v) is 5.08. The number of nitrogens with two attached hydrogens (primary N) is 1. The molecule has 2 aromatic heterocycles. The lowest BCUT2D eigenvalue weighted by molar-refractivity contribution is -0.384. The van der Waals surface area contributed by atoms with Gasteiger partial charge in [0.2, 0.25) is 11.8 Å². The van der Waals surface area contributed by atoms with Crippen LogP contribution in [-0.4, -0.2) is 21.9 Å². The number of rotatable bonds is 4. The topological polar surface area (TPSA) is 111 Å². The SMILES string of the molecule is CN(Cc1ccco1)c1nc(N)ncc1[N+](=O)[O-]. The Bertz CT molecular complexity index is 555. The molecule has 2 rings (SSSR count). The van der Waals surface area contributed by atoms with Crippen LogP contribution in [-0.2, 0) is 6.54 Å². The van der Waals surface area contributed by atoms with Gasteiger partial charge in [0.25, 0.3) is 0 Å². The molecule has 0 aliphatic rings. The molecule has 0 amide bonds. The zero-order valence-electron chi connectivity index (χ0n) is 9.61.